The summed E-state index contributed by atoms with van der Waals surface area (Å²) in [5.41, 5.74) is 1.46. The normalized spacial score (nSPS) is 14.9. The zero-order valence-electron chi connectivity index (χ0n) is 20.3. The van der Waals surface area contributed by atoms with Crippen molar-refractivity contribution in [2.75, 3.05) is 69.2 Å². The lowest BCUT2D eigenvalue weighted by atomic mass is 10.1. The first-order valence-electron chi connectivity index (χ1n) is 12.0. The van der Waals surface area contributed by atoms with Crippen LogP contribution in [0, 0.1) is 5.82 Å². The highest BCUT2D eigenvalue weighted by molar-refractivity contribution is 6.31. The molecule has 0 radical (unpaired) electrons. The number of piperazine rings is 1. The van der Waals surface area contributed by atoms with Gasteiger partial charge >= 0.3 is 6.18 Å². The van der Waals surface area contributed by atoms with Crippen molar-refractivity contribution in [2.45, 2.75) is 19.1 Å². The zero-order valence-corrected chi connectivity index (χ0v) is 21.0. The molecule has 0 aromatic heterocycles. The van der Waals surface area contributed by atoms with Crippen LogP contribution in [0.5, 0.6) is 0 Å². The van der Waals surface area contributed by atoms with Gasteiger partial charge in [0.05, 0.1) is 36.6 Å². The van der Waals surface area contributed by atoms with Crippen LogP contribution in [-0.4, -0.2) is 91.1 Å². The van der Waals surface area contributed by atoms with Crippen LogP contribution >= 0.6 is 11.6 Å². The summed E-state index contributed by atoms with van der Waals surface area (Å²) in [5, 5.41) is 21.5. The van der Waals surface area contributed by atoms with Crippen LogP contribution in [0.25, 0.3) is 0 Å². The molecule has 2 aromatic carbocycles. The number of nitrogens with zero attached hydrogens (tertiary/aromatic N) is 3. The predicted octanol–water partition coefficient (Wildman–Crippen LogP) is 3.59. The van der Waals surface area contributed by atoms with E-state index in [1.807, 2.05) is 4.90 Å². The van der Waals surface area contributed by atoms with Crippen LogP contribution in [0.2, 0.25) is 5.02 Å². The van der Waals surface area contributed by atoms with Crippen LogP contribution < -0.4 is 10.2 Å². The summed E-state index contributed by atoms with van der Waals surface area (Å²) in [4.78, 5) is 18.4. The first kappa shape index (κ1) is 29.1. The maximum atomic E-state index is 14.8. The summed E-state index contributed by atoms with van der Waals surface area (Å²) in [6.45, 7) is 2.42. The third-order valence-corrected chi connectivity index (χ3v) is 6.38. The number of alkyl halides is 3. The standard InChI is InChI=1S/C25H31ClF4N4O3/c26-19-2-4-22(23(16-19)34-9-7-32(8-10-34)6-5-25(28,29)30)31-24(37)20-3-1-18(15-21(20)27)17-33(11-13-35)12-14-36/h1-4,15-16,35-36H,5-14,17H2,(H,31,37). The van der Waals surface area contributed by atoms with Crippen molar-refractivity contribution < 1.29 is 32.6 Å². The average molecular weight is 547 g/mol. The molecule has 2 aromatic rings. The average Bonchev–Trinajstić information content (AvgIpc) is 2.84. The molecular weight excluding hydrogens is 516 g/mol. The highest BCUT2D eigenvalue weighted by Gasteiger charge is 2.29. The Hall–Kier alpha value is -2.44. The van der Waals surface area contributed by atoms with Gasteiger partial charge in [0, 0.05) is 57.4 Å². The van der Waals surface area contributed by atoms with Gasteiger partial charge in [0.1, 0.15) is 5.82 Å². The second-order valence-corrected chi connectivity index (χ2v) is 9.28. The molecule has 12 heteroatoms. The molecule has 0 aliphatic carbocycles. The van der Waals surface area contributed by atoms with E-state index in [2.05, 4.69) is 5.32 Å². The number of amides is 1. The molecular formula is C25H31ClF4N4O3. The molecule has 1 aliphatic heterocycles. The fourth-order valence-electron chi connectivity index (χ4n) is 4.21. The number of benzene rings is 2. The number of aliphatic hydroxyl groups is 2. The van der Waals surface area contributed by atoms with E-state index in [4.69, 9.17) is 21.8 Å². The van der Waals surface area contributed by atoms with Gasteiger partial charge in [0.15, 0.2) is 0 Å². The topological polar surface area (TPSA) is 79.3 Å². The second-order valence-electron chi connectivity index (χ2n) is 8.85. The van der Waals surface area contributed by atoms with E-state index in [1.165, 1.54) is 12.1 Å². The van der Waals surface area contributed by atoms with E-state index in [1.54, 1.807) is 34.1 Å². The number of rotatable bonds is 11. The molecule has 1 fully saturated rings. The van der Waals surface area contributed by atoms with Crippen molar-refractivity contribution in [3.05, 3.63) is 58.4 Å². The second kappa shape index (κ2) is 13.4. The molecule has 0 saturated carbocycles. The Balaban J connectivity index is 1.68. The molecule has 0 bridgehead atoms. The number of carbonyl (C=O) groups is 1. The van der Waals surface area contributed by atoms with Crippen LogP contribution in [-0.2, 0) is 6.54 Å². The lowest BCUT2D eigenvalue weighted by Crippen LogP contribution is -2.47. The van der Waals surface area contributed by atoms with Gasteiger partial charge in [-0.15, -0.1) is 0 Å². The first-order chi connectivity index (χ1) is 17.6. The SMILES string of the molecule is O=C(Nc1ccc(Cl)cc1N1CCN(CCC(F)(F)F)CC1)c1ccc(CN(CCO)CCO)cc1F. The van der Waals surface area contributed by atoms with Gasteiger partial charge < -0.3 is 20.4 Å². The summed E-state index contributed by atoms with van der Waals surface area (Å²) in [6.07, 6.45) is -5.07. The Morgan fingerprint density at radius 1 is 1.03 bits per heavy atom. The van der Waals surface area contributed by atoms with E-state index in [9.17, 15) is 22.4 Å². The summed E-state index contributed by atoms with van der Waals surface area (Å²) in [5.74, 6) is -1.37. The first-order valence-corrected chi connectivity index (χ1v) is 12.3. The fraction of sp³-hybridized carbons (Fsp3) is 0.480. The van der Waals surface area contributed by atoms with E-state index < -0.39 is 24.3 Å². The lowest BCUT2D eigenvalue weighted by Gasteiger charge is -2.37. The van der Waals surface area contributed by atoms with Crippen LogP contribution in [0.1, 0.15) is 22.3 Å². The monoisotopic (exact) mass is 546 g/mol. The summed E-state index contributed by atoms with van der Waals surface area (Å²) in [7, 11) is 0. The van der Waals surface area contributed by atoms with Gasteiger partial charge in [0.25, 0.3) is 5.91 Å². The molecule has 7 nitrogen and oxygen atoms in total. The minimum absolute atomic E-state index is 0.0660. The maximum absolute atomic E-state index is 14.8. The molecule has 204 valence electrons. The van der Waals surface area contributed by atoms with Crippen LogP contribution in [0.15, 0.2) is 36.4 Å². The number of anilines is 2. The lowest BCUT2D eigenvalue weighted by molar-refractivity contribution is -0.138. The Morgan fingerprint density at radius 2 is 1.70 bits per heavy atom. The predicted molar refractivity (Wildman–Crippen MR) is 135 cm³/mol. The van der Waals surface area contributed by atoms with Crippen molar-refractivity contribution >= 4 is 28.9 Å². The van der Waals surface area contributed by atoms with Crippen LogP contribution in [0.4, 0.5) is 28.9 Å². The third-order valence-electron chi connectivity index (χ3n) is 6.15. The highest BCUT2D eigenvalue weighted by Crippen LogP contribution is 2.31. The van der Waals surface area contributed by atoms with E-state index in [0.717, 1.165) is 0 Å². The van der Waals surface area contributed by atoms with E-state index in [-0.39, 0.29) is 25.3 Å². The Bertz CT molecular complexity index is 1040. The third kappa shape index (κ3) is 8.82. The molecule has 1 aliphatic rings. The molecule has 3 N–H and O–H groups in total. The molecule has 1 saturated heterocycles. The van der Waals surface area contributed by atoms with Crippen molar-refractivity contribution in [1.29, 1.82) is 0 Å². The Morgan fingerprint density at radius 3 is 2.30 bits per heavy atom. The van der Waals surface area contributed by atoms with E-state index >= 15 is 0 Å². The van der Waals surface area contributed by atoms with Crippen molar-refractivity contribution in [3.63, 3.8) is 0 Å². The minimum atomic E-state index is -4.20. The summed E-state index contributed by atoms with van der Waals surface area (Å²) in [6, 6.07) is 9.11. The van der Waals surface area contributed by atoms with Crippen LogP contribution in [0.3, 0.4) is 0 Å². The largest absolute Gasteiger partial charge is 0.395 e. The number of hydrogen-bond donors (Lipinski definition) is 3. The summed E-state index contributed by atoms with van der Waals surface area (Å²) < 4.78 is 52.5. The van der Waals surface area contributed by atoms with Gasteiger partial charge in [0.2, 0.25) is 0 Å². The molecule has 1 amide bonds. The van der Waals surface area contributed by atoms with Gasteiger partial charge in [-0.1, -0.05) is 17.7 Å². The number of halogens is 5. The van der Waals surface area contributed by atoms with E-state index in [0.29, 0.717) is 67.8 Å². The number of aliphatic hydroxyl groups excluding tert-OH is 2. The maximum Gasteiger partial charge on any atom is 0.390 e. The van der Waals surface area contributed by atoms with Crippen molar-refractivity contribution in [3.8, 4) is 0 Å². The van der Waals surface area contributed by atoms with Gasteiger partial charge in [-0.25, -0.2) is 4.39 Å². The van der Waals surface area contributed by atoms with Gasteiger partial charge in [-0.2, -0.15) is 13.2 Å². The minimum Gasteiger partial charge on any atom is -0.395 e. The fourth-order valence-corrected chi connectivity index (χ4v) is 4.38. The highest BCUT2D eigenvalue weighted by atomic mass is 35.5. The summed E-state index contributed by atoms with van der Waals surface area (Å²) >= 11 is 6.18. The Kier molecular flexibility index (Phi) is 10.5. The smallest absolute Gasteiger partial charge is 0.390 e. The molecule has 1 heterocycles. The number of hydrogen-bond acceptors (Lipinski definition) is 6. The molecule has 0 spiro atoms. The quantitative estimate of drug-likeness (QED) is 0.374. The molecule has 3 rings (SSSR count). The van der Waals surface area contributed by atoms with Crippen molar-refractivity contribution in [2.24, 2.45) is 0 Å². The van der Waals surface area contributed by atoms with Crippen molar-refractivity contribution in [1.82, 2.24) is 9.80 Å². The molecule has 0 atom stereocenters. The number of nitrogens with one attached hydrogen (secondary N) is 1. The van der Waals surface area contributed by atoms with Gasteiger partial charge in [-0.05, 0) is 35.9 Å². The molecule has 0 unspecified atom stereocenters. The Labute approximate surface area is 218 Å². The zero-order chi connectivity index (χ0) is 27.0. The molecule has 37 heavy (non-hydrogen) atoms. The number of carbonyl (C=O) groups excluding carboxylic acids is 1. The van der Waals surface area contributed by atoms with Gasteiger partial charge in [-0.3, -0.25) is 14.6 Å².